The van der Waals surface area contributed by atoms with Crippen LogP contribution in [0.15, 0.2) is 12.3 Å². The lowest BCUT2D eigenvalue weighted by Crippen LogP contribution is -2.35. The van der Waals surface area contributed by atoms with E-state index in [1.807, 2.05) is 6.07 Å². The van der Waals surface area contributed by atoms with Gasteiger partial charge >= 0.3 is 0 Å². The molecule has 0 saturated carbocycles. The normalized spacial score (nSPS) is 12.1. The van der Waals surface area contributed by atoms with E-state index in [-0.39, 0.29) is 0 Å². The first kappa shape index (κ1) is 12.3. The third-order valence-corrected chi connectivity index (χ3v) is 3.34. The Bertz CT molecular complexity index is 291. The number of thiocarbonyl (C=S) groups is 1. The van der Waals surface area contributed by atoms with Crippen LogP contribution in [0, 0.1) is 0 Å². The van der Waals surface area contributed by atoms with Crippen molar-refractivity contribution >= 4 is 28.5 Å². The predicted molar refractivity (Wildman–Crippen MR) is 65.0 cm³/mol. The van der Waals surface area contributed by atoms with Gasteiger partial charge in [0.25, 0.3) is 0 Å². The fraction of sp³-hybridized carbons (Fsp3) is 0.500. The molecule has 0 aliphatic carbocycles. The average molecular weight is 246 g/mol. The van der Waals surface area contributed by atoms with E-state index in [2.05, 4.69) is 20.8 Å². The number of aromatic amines is 1. The Labute approximate surface area is 97.2 Å². The number of rotatable bonds is 5. The summed E-state index contributed by atoms with van der Waals surface area (Å²) in [5.41, 5.74) is 0.824. The molecule has 1 unspecified atom stereocenters. The summed E-state index contributed by atoms with van der Waals surface area (Å²) in [6.07, 6.45) is 1.72. The predicted octanol–water partition coefficient (Wildman–Crippen LogP) is -0.248. The highest BCUT2D eigenvalue weighted by Gasteiger charge is 2.08. The Morgan fingerprint density at radius 3 is 3.13 bits per heavy atom. The number of nitrogens with zero attached hydrogens (tertiary/aromatic N) is 1. The molecule has 0 amide bonds. The highest BCUT2D eigenvalue weighted by Crippen LogP contribution is 2.01. The fourth-order valence-corrected chi connectivity index (χ4v) is 2.04. The Morgan fingerprint density at radius 2 is 2.53 bits per heavy atom. The van der Waals surface area contributed by atoms with E-state index in [9.17, 15) is 4.55 Å². The fourth-order valence-electron chi connectivity index (χ4n) is 0.975. The van der Waals surface area contributed by atoms with Gasteiger partial charge in [0.15, 0.2) is 5.11 Å². The van der Waals surface area contributed by atoms with E-state index in [1.54, 1.807) is 13.2 Å². The van der Waals surface area contributed by atoms with Crippen molar-refractivity contribution < 1.29 is 4.55 Å². The lowest BCUT2D eigenvalue weighted by Gasteiger charge is -2.11. The van der Waals surface area contributed by atoms with E-state index in [0.717, 1.165) is 5.69 Å². The molecule has 3 N–H and O–H groups in total. The molecule has 5 nitrogen and oxygen atoms in total. The zero-order chi connectivity index (χ0) is 11.1. The molecule has 0 aromatic carbocycles. The molecule has 1 atom stereocenters. The summed E-state index contributed by atoms with van der Waals surface area (Å²) in [4.78, 5) is 0. The molecule has 1 heterocycles. The summed E-state index contributed by atoms with van der Waals surface area (Å²) >= 11 is 3.98. The summed E-state index contributed by atoms with van der Waals surface area (Å²) < 4.78 is 11.5. The minimum Gasteiger partial charge on any atom is -0.616 e. The van der Waals surface area contributed by atoms with Gasteiger partial charge in [-0.3, -0.25) is 5.10 Å². The quantitative estimate of drug-likeness (QED) is 0.493. The van der Waals surface area contributed by atoms with Crippen LogP contribution < -0.4 is 10.6 Å². The molecule has 0 saturated heterocycles. The average Bonchev–Trinajstić information content (AvgIpc) is 2.70. The molecular weight excluding hydrogens is 232 g/mol. The van der Waals surface area contributed by atoms with Crippen LogP contribution in [-0.2, 0) is 16.9 Å². The smallest absolute Gasteiger partial charge is 0.166 e. The molecule has 0 spiro atoms. The van der Waals surface area contributed by atoms with E-state index >= 15 is 0 Å². The number of nitrogens with one attached hydrogen (secondary N) is 3. The van der Waals surface area contributed by atoms with Gasteiger partial charge in [0, 0.05) is 13.2 Å². The van der Waals surface area contributed by atoms with E-state index in [4.69, 9.17) is 12.2 Å². The Morgan fingerprint density at radius 1 is 1.73 bits per heavy atom. The zero-order valence-electron chi connectivity index (χ0n) is 8.45. The first-order chi connectivity index (χ1) is 7.22. The maximum absolute atomic E-state index is 11.5. The van der Waals surface area contributed by atoms with Crippen molar-refractivity contribution in [2.75, 3.05) is 19.3 Å². The largest absolute Gasteiger partial charge is 0.616 e. The van der Waals surface area contributed by atoms with Gasteiger partial charge in [-0.15, -0.1) is 0 Å². The van der Waals surface area contributed by atoms with Crippen LogP contribution >= 0.6 is 12.2 Å². The van der Waals surface area contributed by atoms with E-state index in [1.165, 1.54) is 0 Å². The number of aromatic nitrogens is 2. The van der Waals surface area contributed by atoms with Crippen molar-refractivity contribution in [3.05, 3.63) is 18.0 Å². The monoisotopic (exact) mass is 246 g/mol. The molecule has 1 aromatic heterocycles. The molecule has 0 fully saturated rings. The molecule has 0 aliphatic heterocycles. The Balaban J connectivity index is 2.14. The molecule has 15 heavy (non-hydrogen) atoms. The van der Waals surface area contributed by atoms with Gasteiger partial charge in [-0.1, -0.05) is 0 Å². The summed E-state index contributed by atoms with van der Waals surface area (Å²) in [6, 6.07) is 1.82. The summed E-state index contributed by atoms with van der Waals surface area (Å²) in [5, 5.41) is 12.9. The van der Waals surface area contributed by atoms with Gasteiger partial charge in [-0.25, -0.2) is 0 Å². The molecular formula is C8H14N4OS2. The summed E-state index contributed by atoms with van der Waals surface area (Å²) in [7, 11) is 1.75. The topological polar surface area (TPSA) is 75.8 Å². The summed E-state index contributed by atoms with van der Waals surface area (Å²) in [5.74, 6) is 1.05. The molecule has 1 rings (SSSR count). The van der Waals surface area contributed by atoms with E-state index < -0.39 is 11.2 Å². The Hall–Kier alpha value is -0.790. The second-order valence-corrected chi connectivity index (χ2v) is 4.84. The van der Waals surface area contributed by atoms with Crippen molar-refractivity contribution in [2.24, 2.45) is 0 Å². The van der Waals surface area contributed by atoms with Crippen LogP contribution in [0.5, 0.6) is 0 Å². The van der Waals surface area contributed by atoms with Crippen LogP contribution in [0.3, 0.4) is 0 Å². The first-order valence-electron chi connectivity index (χ1n) is 4.51. The van der Waals surface area contributed by atoms with Gasteiger partial charge in [-0.05, 0) is 29.5 Å². The van der Waals surface area contributed by atoms with Crippen LogP contribution in [0.1, 0.15) is 5.69 Å². The van der Waals surface area contributed by atoms with Crippen LogP contribution in [0.4, 0.5) is 0 Å². The molecule has 1 aromatic rings. The van der Waals surface area contributed by atoms with Gasteiger partial charge in [0.1, 0.15) is 17.2 Å². The molecule has 7 heteroatoms. The number of H-pyrrole nitrogens is 1. The lowest BCUT2D eigenvalue weighted by molar-refractivity contribution is 0.592. The maximum Gasteiger partial charge on any atom is 0.166 e. The van der Waals surface area contributed by atoms with Crippen LogP contribution in [0.25, 0.3) is 0 Å². The molecule has 0 aliphatic rings. The minimum atomic E-state index is -0.900. The van der Waals surface area contributed by atoms with Crippen molar-refractivity contribution in [2.45, 2.75) is 5.75 Å². The molecule has 0 radical (unpaired) electrons. The highest BCUT2D eigenvalue weighted by atomic mass is 32.2. The lowest BCUT2D eigenvalue weighted by atomic mass is 10.5. The molecule has 0 bridgehead atoms. The SMILES string of the molecule is CNC(=S)NCC[S+]([O-])Cc1cc[nH]n1. The van der Waals surface area contributed by atoms with Gasteiger partial charge < -0.3 is 15.2 Å². The third-order valence-electron chi connectivity index (χ3n) is 1.71. The second kappa shape index (κ2) is 6.65. The van der Waals surface area contributed by atoms with Crippen molar-refractivity contribution in [3.8, 4) is 0 Å². The number of hydrogen-bond donors (Lipinski definition) is 3. The van der Waals surface area contributed by atoms with Crippen LogP contribution in [0.2, 0.25) is 0 Å². The summed E-state index contributed by atoms with van der Waals surface area (Å²) in [6.45, 7) is 0.608. The van der Waals surface area contributed by atoms with Gasteiger partial charge in [0.2, 0.25) is 0 Å². The minimum absolute atomic E-state index is 0.484. The maximum atomic E-state index is 11.5. The van der Waals surface area contributed by atoms with Gasteiger partial charge in [-0.2, -0.15) is 5.10 Å². The van der Waals surface area contributed by atoms with Crippen LogP contribution in [-0.4, -0.2) is 39.2 Å². The Kier molecular flexibility index (Phi) is 5.44. The van der Waals surface area contributed by atoms with Crippen molar-refractivity contribution in [1.29, 1.82) is 0 Å². The molecule has 84 valence electrons. The number of hydrogen-bond acceptors (Lipinski definition) is 3. The van der Waals surface area contributed by atoms with Crippen molar-refractivity contribution in [1.82, 2.24) is 20.8 Å². The highest BCUT2D eigenvalue weighted by molar-refractivity contribution is 7.90. The first-order valence-corrected chi connectivity index (χ1v) is 6.41. The van der Waals surface area contributed by atoms with Crippen molar-refractivity contribution in [3.63, 3.8) is 0 Å². The second-order valence-electron chi connectivity index (χ2n) is 2.86. The van der Waals surface area contributed by atoms with E-state index in [0.29, 0.717) is 23.2 Å². The zero-order valence-corrected chi connectivity index (χ0v) is 10.1. The standard InChI is InChI=1S/C8H14N4OS2/c1-9-8(14)10-4-5-15(13)6-7-2-3-11-12-7/h2-3H,4-6H2,1H3,(H,11,12)(H2,9,10,14). The third kappa shape index (κ3) is 5.01. The van der Waals surface area contributed by atoms with Gasteiger partial charge in [0.05, 0.1) is 6.54 Å².